The summed E-state index contributed by atoms with van der Waals surface area (Å²) >= 11 is 1.32. The highest BCUT2D eigenvalue weighted by molar-refractivity contribution is 7.07. The van der Waals surface area contributed by atoms with Crippen molar-refractivity contribution in [3.8, 4) is 5.75 Å². The lowest BCUT2D eigenvalue weighted by Gasteiger charge is -2.24. The number of methoxy groups -OCH3 is 1. The summed E-state index contributed by atoms with van der Waals surface area (Å²) in [5.41, 5.74) is 3.31. The van der Waals surface area contributed by atoms with Crippen LogP contribution in [0.4, 0.5) is 14.9 Å². The maximum atomic E-state index is 14.4. The Kier molecular flexibility index (Phi) is 7.91. The number of ether oxygens (including phenoxy) is 2. The molecule has 4 rings (SSSR count). The molecule has 0 radical (unpaired) electrons. The fourth-order valence-corrected chi connectivity index (χ4v) is 4.36. The van der Waals surface area contributed by atoms with Crippen molar-refractivity contribution in [1.29, 1.82) is 0 Å². The van der Waals surface area contributed by atoms with Gasteiger partial charge in [0, 0.05) is 18.9 Å². The molecule has 0 bridgehead atoms. The number of carbonyl (C=O) groups is 3. The van der Waals surface area contributed by atoms with Gasteiger partial charge in [-0.05, 0) is 42.3 Å². The predicted molar refractivity (Wildman–Crippen MR) is 131 cm³/mol. The van der Waals surface area contributed by atoms with Crippen LogP contribution in [-0.4, -0.2) is 54.1 Å². The molecule has 1 saturated heterocycles. The Hall–Kier alpha value is -3.83. The molecular weight excluding hydrogens is 487 g/mol. The molecule has 1 aliphatic heterocycles. The molecule has 2 N–H and O–H groups in total. The molecule has 1 aromatic heterocycles. The van der Waals surface area contributed by atoms with Gasteiger partial charge in [-0.3, -0.25) is 9.59 Å². The van der Waals surface area contributed by atoms with Crippen molar-refractivity contribution in [2.75, 3.05) is 25.6 Å². The number of urea groups is 1. The van der Waals surface area contributed by atoms with Crippen molar-refractivity contribution in [3.63, 3.8) is 0 Å². The largest absolute Gasteiger partial charge is 0.491 e. The smallest absolute Gasteiger partial charge is 0.325 e. The lowest BCUT2D eigenvalue weighted by molar-refractivity contribution is -0.134. The van der Waals surface area contributed by atoms with E-state index >= 15 is 0 Å². The summed E-state index contributed by atoms with van der Waals surface area (Å²) in [5, 5.41) is 6.89. The second kappa shape index (κ2) is 11.3. The molecule has 0 aliphatic carbocycles. The second-order valence-electron chi connectivity index (χ2n) is 8.17. The summed E-state index contributed by atoms with van der Waals surface area (Å²) in [6.45, 7) is 2.53. The maximum Gasteiger partial charge on any atom is 0.325 e. The van der Waals surface area contributed by atoms with E-state index in [9.17, 15) is 18.8 Å². The monoisotopic (exact) mass is 512 g/mol. The zero-order valence-corrected chi connectivity index (χ0v) is 20.5. The summed E-state index contributed by atoms with van der Waals surface area (Å²) < 4.78 is 24.9. The number of anilines is 1. The van der Waals surface area contributed by atoms with Gasteiger partial charge >= 0.3 is 6.03 Å². The highest BCUT2D eigenvalue weighted by Gasteiger charge is 2.45. The average molecular weight is 513 g/mol. The predicted octanol–water partition coefficient (Wildman–Crippen LogP) is 3.46. The van der Waals surface area contributed by atoms with E-state index in [1.54, 1.807) is 55.3 Å². The van der Waals surface area contributed by atoms with Crippen molar-refractivity contribution < 1.29 is 28.2 Å². The topological polar surface area (TPSA) is 110 Å². The first-order valence-corrected chi connectivity index (χ1v) is 12.1. The molecule has 36 heavy (non-hydrogen) atoms. The van der Waals surface area contributed by atoms with Gasteiger partial charge in [0.05, 0.1) is 23.5 Å². The van der Waals surface area contributed by atoms with Crippen LogP contribution in [0.1, 0.15) is 22.9 Å². The highest BCUT2D eigenvalue weighted by atomic mass is 32.1. The van der Waals surface area contributed by atoms with E-state index in [-0.39, 0.29) is 12.1 Å². The summed E-state index contributed by atoms with van der Waals surface area (Å²) in [4.78, 5) is 44.6. The van der Waals surface area contributed by atoms with E-state index in [1.807, 2.05) is 0 Å². The Morgan fingerprint density at radius 2 is 2.00 bits per heavy atom. The molecule has 1 unspecified atom stereocenters. The van der Waals surface area contributed by atoms with Crippen LogP contribution in [0.3, 0.4) is 0 Å². The molecule has 2 atom stereocenters. The number of thiazole rings is 1. The molecule has 0 spiro atoms. The molecule has 3 aromatic rings. The van der Waals surface area contributed by atoms with Crippen LogP contribution in [0.25, 0.3) is 0 Å². The molecule has 4 amide bonds. The van der Waals surface area contributed by atoms with Gasteiger partial charge in [-0.2, -0.15) is 0 Å². The fraction of sp³-hybridized carbons (Fsp3) is 0.280. The average Bonchev–Trinajstić information content (AvgIpc) is 3.47. The van der Waals surface area contributed by atoms with Gasteiger partial charge in [-0.1, -0.05) is 18.2 Å². The number of amides is 4. The highest BCUT2D eigenvalue weighted by Crippen LogP contribution is 2.27. The quantitative estimate of drug-likeness (QED) is 0.318. The van der Waals surface area contributed by atoms with Crippen LogP contribution < -0.4 is 15.4 Å². The van der Waals surface area contributed by atoms with Crippen LogP contribution in [0.15, 0.2) is 53.4 Å². The Morgan fingerprint density at radius 3 is 2.67 bits per heavy atom. The first kappa shape index (κ1) is 25.3. The van der Waals surface area contributed by atoms with Gasteiger partial charge in [0.2, 0.25) is 5.91 Å². The minimum absolute atomic E-state index is 0.0129. The number of hydrogen-bond acceptors (Lipinski definition) is 7. The number of nitrogens with one attached hydrogen (secondary N) is 2. The van der Waals surface area contributed by atoms with Crippen LogP contribution in [0.2, 0.25) is 0 Å². The number of nitrogens with zero attached hydrogens (tertiary/aromatic N) is 2. The number of hydrogen-bond donors (Lipinski definition) is 2. The summed E-state index contributed by atoms with van der Waals surface area (Å²) in [6.07, 6.45) is -0.0129. The molecule has 2 heterocycles. The lowest BCUT2D eigenvalue weighted by atomic mass is 10.0. The van der Waals surface area contributed by atoms with Crippen molar-refractivity contribution >= 4 is 34.9 Å². The molecule has 1 aliphatic rings. The first-order chi connectivity index (χ1) is 17.4. The van der Waals surface area contributed by atoms with Gasteiger partial charge in [-0.25, -0.2) is 19.1 Å². The zero-order valence-electron chi connectivity index (χ0n) is 19.7. The Morgan fingerprint density at radius 1 is 1.22 bits per heavy atom. The van der Waals surface area contributed by atoms with E-state index < -0.39 is 35.7 Å². The molecular formula is C25H25FN4O5S. The number of aryl methyl sites for hydroxylation is 1. The Labute approximate surface area is 211 Å². The standard InChI is InChI=1S/C25H25FN4O5S/c1-15-3-8-20(19(26)11-15)28-23(31)21(12-17-13-36-14-27-17)30-24(32)22(29-25(30)33)16-4-6-18(7-5-16)35-10-9-34-2/h3-8,11,13-14,21-22H,9-10,12H2,1-2H3,(H,28,31)(H,29,33)/t21?,22-/m1/s1. The zero-order chi connectivity index (χ0) is 25.7. The Balaban J connectivity index is 1.55. The van der Waals surface area contributed by atoms with E-state index in [1.165, 1.54) is 23.5 Å². The van der Waals surface area contributed by atoms with Gasteiger partial charge in [0.15, 0.2) is 0 Å². The van der Waals surface area contributed by atoms with Gasteiger partial charge in [0.1, 0.15) is 30.3 Å². The number of benzene rings is 2. The van der Waals surface area contributed by atoms with Gasteiger partial charge in [0.25, 0.3) is 5.91 Å². The van der Waals surface area contributed by atoms with Crippen LogP contribution >= 0.6 is 11.3 Å². The number of aromatic nitrogens is 1. The van der Waals surface area contributed by atoms with E-state index in [0.29, 0.717) is 35.8 Å². The molecule has 2 aromatic carbocycles. The van der Waals surface area contributed by atoms with Crippen LogP contribution in [0.5, 0.6) is 5.75 Å². The van der Waals surface area contributed by atoms with Gasteiger partial charge in [-0.15, -0.1) is 11.3 Å². The Bertz CT molecular complexity index is 1240. The SMILES string of the molecule is COCCOc1ccc([C@H]2NC(=O)N(C(Cc3cscn3)C(=O)Nc3ccc(C)cc3F)C2=O)cc1. The normalized spacial score (nSPS) is 16.1. The van der Waals surface area contributed by atoms with Crippen LogP contribution in [-0.2, 0) is 20.7 Å². The molecule has 1 fully saturated rings. The van der Waals surface area contributed by atoms with Gasteiger partial charge < -0.3 is 20.1 Å². The summed E-state index contributed by atoms with van der Waals surface area (Å²) in [6, 6.07) is 8.17. The van der Waals surface area contributed by atoms with E-state index in [2.05, 4.69) is 15.6 Å². The number of imide groups is 1. The van der Waals surface area contributed by atoms with Crippen molar-refractivity contribution in [2.24, 2.45) is 0 Å². The van der Waals surface area contributed by atoms with Crippen molar-refractivity contribution in [1.82, 2.24) is 15.2 Å². The van der Waals surface area contributed by atoms with Crippen molar-refractivity contribution in [3.05, 3.63) is 76.0 Å². The fourth-order valence-electron chi connectivity index (χ4n) is 3.79. The third kappa shape index (κ3) is 5.69. The molecule has 9 nitrogen and oxygen atoms in total. The summed E-state index contributed by atoms with van der Waals surface area (Å²) in [7, 11) is 1.58. The van der Waals surface area contributed by atoms with E-state index in [0.717, 1.165) is 4.90 Å². The third-order valence-electron chi connectivity index (χ3n) is 5.62. The first-order valence-electron chi connectivity index (χ1n) is 11.2. The molecule has 188 valence electrons. The lowest BCUT2D eigenvalue weighted by Crippen LogP contribution is -2.49. The number of rotatable bonds is 10. The minimum atomic E-state index is -1.23. The molecule has 0 saturated carbocycles. The number of carbonyl (C=O) groups excluding carboxylic acids is 3. The van der Waals surface area contributed by atoms with E-state index in [4.69, 9.17) is 9.47 Å². The molecule has 11 heteroatoms. The minimum Gasteiger partial charge on any atom is -0.491 e. The van der Waals surface area contributed by atoms with Crippen LogP contribution in [0, 0.1) is 12.7 Å². The number of halogens is 1. The maximum absolute atomic E-state index is 14.4. The second-order valence-corrected chi connectivity index (χ2v) is 8.89. The van der Waals surface area contributed by atoms with Crippen molar-refractivity contribution in [2.45, 2.75) is 25.4 Å². The summed E-state index contributed by atoms with van der Waals surface area (Å²) in [5.74, 6) is -1.31. The third-order valence-corrected chi connectivity index (χ3v) is 6.26.